The maximum atomic E-state index is 12.8. The smallest absolute Gasteiger partial charge is 0.243 e. The Balaban J connectivity index is 1.52. The molecule has 5 nitrogen and oxygen atoms in total. The number of benzene rings is 1. The summed E-state index contributed by atoms with van der Waals surface area (Å²) in [6.45, 7) is 1.15. The summed E-state index contributed by atoms with van der Waals surface area (Å²) in [5, 5.41) is 0. The molecule has 136 valence electrons. The highest BCUT2D eigenvalue weighted by atomic mass is 32.2. The van der Waals surface area contributed by atoms with Crippen LogP contribution in [0.2, 0.25) is 0 Å². The number of nitrogens with zero attached hydrogens (tertiary/aromatic N) is 1. The van der Waals surface area contributed by atoms with Crippen LogP contribution in [0.25, 0.3) is 0 Å². The summed E-state index contributed by atoms with van der Waals surface area (Å²) < 4.78 is 37.6. The Morgan fingerprint density at radius 1 is 1.24 bits per heavy atom. The molecule has 1 aromatic heterocycles. The molecule has 0 bridgehead atoms. The van der Waals surface area contributed by atoms with Gasteiger partial charge in [0.1, 0.15) is 11.5 Å². The number of furan rings is 1. The zero-order valence-electron chi connectivity index (χ0n) is 14.3. The van der Waals surface area contributed by atoms with Gasteiger partial charge in [-0.15, -0.1) is 0 Å². The number of rotatable bonds is 7. The topological polar surface area (TPSA) is 59.8 Å². The summed E-state index contributed by atoms with van der Waals surface area (Å²) in [5.41, 5.74) is 0. The minimum Gasteiger partial charge on any atom is -0.497 e. The SMILES string of the molecule is COc1cccc(S(=O)(=O)N2CCC(CSCc3ccco3)CC2)c1. The molecule has 0 spiro atoms. The van der Waals surface area contributed by atoms with Crippen LogP contribution >= 0.6 is 11.8 Å². The van der Waals surface area contributed by atoms with Crippen molar-refractivity contribution in [3.8, 4) is 5.75 Å². The van der Waals surface area contributed by atoms with Gasteiger partial charge in [0.05, 0.1) is 24.0 Å². The predicted octanol–water partition coefficient (Wildman–Crippen LogP) is 3.62. The number of thioether (sulfide) groups is 1. The van der Waals surface area contributed by atoms with E-state index in [1.807, 2.05) is 23.9 Å². The lowest BCUT2D eigenvalue weighted by atomic mass is 10.0. The first-order valence-electron chi connectivity index (χ1n) is 8.34. The Morgan fingerprint density at radius 3 is 2.72 bits per heavy atom. The van der Waals surface area contributed by atoms with Crippen LogP contribution in [-0.2, 0) is 15.8 Å². The standard InChI is InChI=1S/C18H23NO4S2/c1-22-16-4-2-6-18(12-16)25(20,21)19-9-7-15(8-10-19)13-24-14-17-5-3-11-23-17/h2-6,11-12,15H,7-10,13-14H2,1H3. The molecule has 1 aromatic carbocycles. The second-order valence-corrected chi connectivity index (χ2v) is 9.09. The van der Waals surface area contributed by atoms with Crippen LogP contribution < -0.4 is 4.74 Å². The van der Waals surface area contributed by atoms with Gasteiger partial charge < -0.3 is 9.15 Å². The number of sulfonamides is 1. The van der Waals surface area contributed by atoms with Crippen LogP contribution in [0.15, 0.2) is 52.0 Å². The highest BCUT2D eigenvalue weighted by Gasteiger charge is 2.29. The highest BCUT2D eigenvalue weighted by molar-refractivity contribution is 7.98. The molecule has 2 heterocycles. The summed E-state index contributed by atoms with van der Waals surface area (Å²) in [7, 11) is -1.90. The van der Waals surface area contributed by atoms with E-state index in [1.54, 1.807) is 34.8 Å². The first kappa shape index (κ1) is 18.4. The molecule has 0 N–H and O–H groups in total. The minimum absolute atomic E-state index is 0.303. The van der Waals surface area contributed by atoms with Gasteiger partial charge in [-0.3, -0.25) is 0 Å². The molecule has 1 saturated heterocycles. The Bertz CT molecular complexity index is 766. The van der Waals surface area contributed by atoms with Gasteiger partial charge in [-0.25, -0.2) is 8.42 Å². The maximum absolute atomic E-state index is 12.8. The molecule has 0 amide bonds. The van der Waals surface area contributed by atoms with Crippen molar-refractivity contribution >= 4 is 21.8 Å². The van der Waals surface area contributed by atoms with E-state index in [0.717, 1.165) is 30.1 Å². The van der Waals surface area contributed by atoms with Crippen molar-refractivity contribution in [3.63, 3.8) is 0 Å². The second kappa shape index (κ2) is 8.29. The Morgan fingerprint density at radius 2 is 2.04 bits per heavy atom. The van der Waals surface area contributed by atoms with Gasteiger partial charge in [-0.1, -0.05) is 6.07 Å². The predicted molar refractivity (Wildman–Crippen MR) is 99.3 cm³/mol. The summed E-state index contributed by atoms with van der Waals surface area (Å²) >= 11 is 1.85. The molecule has 0 saturated carbocycles. The minimum atomic E-state index is -3.44. The summed E-state index contributed by atoms with van der Waals surface area (Å²) in [6, 6.07) is 10.6. The van der Waals surface area contributed by atoms with Gasteiger partial charge in [0.2, 0.25) is 10.0 Å². The van der Waals surface area contributed by atoms with E-state index in [1.165, 1.54) is 7.11 Å². The van der Waals surface area contributed by atoms with Crippen LogP contribution in [0.5, 0.6) is 5.75 Å². The first-order valence-corrected chi connectivity index (χ1v) is 10.9. The molecule has 0 radical (unpaired) electrons. The average molecular weight is 382 g/mol. The van der Waals surface area contributed by atoms with Crippen molar-refractivity contribution in [3.05, 3.63) is 48.4 Å². The van der Waals surface area contributed by atoms with Crippen molar-refractivity contribution < 1.29 is 17.6 Å². The highest BCUT2D eigenvalue weighted by Crippen LogP contribution is 2.28. The zero-order chi connectivity index (χ0) is 17.7. The monoisotopic (exact) mass is 381 g/mol. The molecule has 1 aliphatic rings. The number of hydrogen-bond acceptors (Lipinski definition) is 5. The third-order valence-electron chi connectivity index (χ3n) is 4.43. The van der Waals surface area contributed by atoms with Crippen LogP contribution in [0.4, 0.5) is 0 Å². The summed E-state index contributed by atoms with van der Waals surface area (Å²) in [4.78, 5) is 0.303. The zero-order valence-corrected chi connectivity index (χ0v) is 15.9. The van der Waals surface area contributed by atoms with Gasteiger partial charge in [0.15, 0.2) is 0 Å². The van der Waals surface area contributed by atoms with Crippen LogP contribution in [0.3, 0.4) is 0 Å². The fraction of sp³-hybridized carbons (Fsp3) is 0.444. The number of piperidine rings is 1. The van der Waals surface area contributed by atoms with Crippen molar-refractivity contribution in [1.82, 2.24) is 4.31 Å². The third kappa shape index (κ3) is 4.59. The molecular weight excluding hydrogens is 358 g/mol. The first-order chi connectivity index (χ1) is 12.1. The molecule has 25 heavy (non-hydrogen) atoms. The van der Waals surface area contributed by atoms with Crippen LogP contribution in [0.1, 0.15) is 18.6 Å². The van der Waals surface area contributed by atoms with E-state index in [9.17, 15) is 8.42 Å². The van der Waals surface area contributed by atoms with Gasteiger partial charge in [0, 0.05) is 19.2 Å². The van der Waals surface area contributed by atoms with E-state index in [-0.39, 0.29) is 0 Å². The summed E-state index contributed by atoms with van der Waals surface area (Å²) in [6.07, 6.45) is 3.49. The van der Waals surface area contributed by atoms with Gasteiger partial charge in [-0.05, 0) is 48.8 Å². The second-order valence-electron chi connectivity index (χ2n) is 6.12. The molecular formula is C18H23NO4S2. The number of methoxy groups -OCH3 is 1. The van der Waals surface area contributed by atoms with Gasteiger partial charge in [0.25, 0.3) is 0 Å². The van der Waals surface area contributed by atoms with Crippen molar-refractivity contribution in [2.24, 2.45) is 5.92 Å². The molecule has 0 unspecified atom stereocenters. The Kier molecular flexibility index (Phi) is 6.09. The van der Waals surface area contributed by atoms with Crippen molar-refractivity contribution in [2.45, 2.75) is 23.5 Å². The van der Waals surface area contributed by atoms with E-state index in [4.69, 9.17) is 9.15 Å². The fourth-order valence-electron chi connectivity index (χ4n) is 2.95. The van der Waals surface area contributed by atoms with Crippen molar-refractivity contribution in [1.29, 1.82) is 0 Å². The number of ether oxygens (including phenoxy) is 1. The summed E-state index contributed by atoms with van der Waals surface area (Å²) in [5.74, 6) is 4.01. The Labute approximate surface area is 153 Å². The number of hydrogen-bond donors (Lipinski definition) is 0. The molecule has 7 heteroatoms. The molecule has 2 aromatic rings. The van der Waals surface area contributed by atoms with Gasteiger partial charge in [-0.2, -0.15) is 16.1 Å². The quantitative estimate of drug-likeness (QED) is 0.733. The van der Waals surface area contributed by atoms with Crippen LogP contribution in [-0.4, -0.2) is 38.7 Å². The molecule has 0 aliphatic carbocycles. The lowest BCUT2D eigenvalue weighted by molar-refractivity contribution is 0.291. The molecule has 3 rings (SSSR count). The van der Waals surface area contributed by atoms with E-state index < -0.39 is 10.0 Å². The molecule has 1 fully saturated rings. The lowest BCUT2D eigenvalue weighted by Gasteiger charge is -2.31. The largest absolute Gasteiger partial charge is 0.497 e. The average Bonchev–Trinajstić information content (AvgIpc) is 3.16. The lowest BCUT2D eigenvalue weighted by Crippen LogP contribution is -2.38. The normalized spacial score (nSPS) is 16.8. The van der Waals surface area contributed by atoms with Crippen molar-refractivity contribution in [2.75, 3.05) is 26.0 Å². The Hall–Kier alpha value is -1.44. The van der Waals surface area contributed by atoms with E-state index in [0.29, 0.717) is 29.7 Å². The molecule has 1 aliphatic heterocycles. The molecule has 0 atom stereocenters. The van der Waals surface area contributed by atoms with Crippen LogP contribution in [0, 0.1) is 5.92 Å². The fourth-order valence-corrected chi connectivity index (χ4v) is 5.60. The third-order valence-corrected chi connectivity index (χ3v) is 7.52. The van der Waals surface area contributed by atoms with E-state index >= 15 is 0 Å². The van der Waals surface area contributed by atoms with Gasteiger partial charge >= 0.3 is 0 Å². The van der Waals surface area contributed by atoms with E-state index in [2.05, 4.69) is 0 Å². The maximum Gasteiger partial charge on any atom is 0.243 e.